The molecule has 1 nitrogen and oxygen atoms in total. The van der Waals surface area contributed by atoms with Crippen molar-refractivity contribution in [2.45, 2.75) is 19.6 Å². The zero-order valence-electron chi connectivity index (χ0n) is 11.1. The maximum atomic E-state index is 12.9. The van der Waals surface area contributed by atoms with Crippen molar-refractivity contribution in [1.82, 2.24) is 0 Å². The Bertz CT molecular complexity index is 653. The Kier molecular flexibility index (Phi) is 4.42. The molecule has 0 saturated carbocycles. The lowest BCUT2D eigenvalue weighted by Gasteiger charge is -2.13. The third kappa shape index (κ3) is 3.88. The summed E-state index contributed by atoms with van der Waals surface area (Å²) in [5.74, 6) is -0.460. The molecule has 0 atom stereocenters. The average molecular weight is 318 g/mol. The van der Waals surface area contributed by atoms with Gasteiger partial charge >= 0.3 is 6.18 Å². The normalized spacial score (nSPS) is 11.5. The summed E-state index contributed by atoms with van der Waals surface area (Å²) in [7, 11) is 0. The molecule has 0 aliphatic heterocycles. The molecule has 21 heavy (non-hydrogen) atoms. The maximum Gasteiger partial charge on any atom is 0.416 e. The largest absolute Gasteiger partial charge is 0.416 e. The predicted octanol–water partition coefficient (Wildman–Crippen LogP) is 5.42. The number of hydrogen-bond donors (Lipinski definition) is 1. The Morgan fingerprint density at radius 2 is 1.81 bits per heavy atom. The number of nitrogens with one attached hydrogen (secondary N) is 1. The van der Waals surface area contributed by atoms with E-state index in [1.54, 1.807) is 6.07 Å². The van der Waals surface area contributed by atoms with E-state index in [0.717, 1.165) is 12.1 Å². The molecule has 0 spiro atoms. The van der Waals surface area contributed by atoms with Crippen LogP contribution in [-0.2, 0) is 12.7 Å². The molecule has 6 heteroatoms. The zero-order chi connectivity index (χ0) is 15.6. The van der Waals surface area contributed by atoms with Crippen LogP contribution in [0.5, 0.6) is 0 Å². The lowest BCUT2D eigenvalue weighted by atomic mass is 10.1. The van der Waals surface area contributed by atoms with Gasteiger partial charge in [-0.1, -0.05) is 23.7 Å². The maximum absolute atomic E-state index is 12.9. The summed E-state index contributed by atoms with van der Waals surface area (Å²) in [4.78, 5) is 0. The summed E-state index contributed by atoms with van der Waals surface area (Å²) in [5.41, 5.74) is 0.408. The van der Waals surface area contributed by atoms with E-state index in [4.69, 9.17) is 11.6 Å². The molecule has 0 radical (unpaired) electrons. The Morgan fingerprint density at radius 1 is 1.10 bits per heavy atom. The third-order valence-electron chi connectivity index (χ3n) is 3.04. The van der Waals surface area contributed by atoms with Gasteiger partial charge in [-0.05, 0) is 42.3 Å². The molecule has 2 rings (SSSR count). The number of rotatable bonds is 3. The molecule has 0 aliphatic rings. The van der Waals surface area contributed by atoms with E-state index in [0.29, 0.717) is 11.3 Å². The summed E-state index contributed by atoms with van der Waals surface area (Å²) in [6, 6.07) is 7.91. The van der Waals surface area contributed by atoms with Gasteiger partial charge in [0, 0.05) is 17.3 Å². The highest BCUT2D eigenvalue weighted by molar-refractivity contribution is 6.31. The first-order valence-corrected chi connectivity index (χ1v) is 6.51. The summed E-state index contributed by atoms with van der Waals surface area (Å²) in [6.45, 7) is 1.61. The molecule has 0 unspecified atom stereocenters. The zero-order valence-corrected chi connectivity index (χ0v) is 11.8. The van der Waals surface area contributed by atoms with Crippen molar-refractivity contribution in [3.63, 3.8) is 0 Å². The quantitative estimate of drug-likeness (QED) is 0.745. The standard InChI is InChI=1S/C15H12ClF4N/c1-9-2-5-12(7-13(9)15(18,19)20)21-8-10-3-4-11(17)6-14(10)16/h2-7,21H,8H2,1H3. The number of hydrogen-bond acceptors (Lipinski definition) is 1. The van der Waals surface area contributed by atoms with Crippen LogP contribution in [0.4, 0.5) is 23.2 Å². The van der Waals surface area contributed by atoms with Crippen LogP contribution in [0.1, 0.15) is 16.7 Å². The van der Waals surface area contributed by atoms with Crippen molar-refractivity contribution in [3.05, 3.63) is 63.9 Å². The summed E-state index contributed by atoms with van der Waals surface area (Å²) in [6.07, 6.45) is -4.39. The predicted molar refractivity (Wildman–Crippen MR) is 74.9 cm³/mol. The van der Waals surface area contributed by atoms with E-state index in [1.807, 2.05) is 0 Å². The molecule has 0 bridgehead atoms. The van der Waals surface area contributed by atoms with E-state index in [1.165, 1.54) is 25.1 Å². The van der Waals surface area contributed by atoms with Gasteiger partial charge in [0.05, 0.1) is 5.56 Å². The molecule has 0 amide bonds. The number of anilines is 1. The van der Waals surface area contributed by atoms with Crippen LogP contribution in [0.2, 0.25) is 5.02 Å². The topological polar surface area (TPSA) is 12.0 Å². The van der Waals surface area contributed by atoms with Crippen LogP contribution < -0.4 is 5.32 Å². The second-order valence-electron chi connectivity index (χ2n) is 4.62. The molecular weight excluding hydrogens is 306 g/mol. The fourth-order valence-corrected chi connectivity index (χ4v) is 2.13. The van der Waals surface area contributed by atoms with Crippen LogP contribution in [0.25, 0.3) is 0 Å². The van der Waals surface area contributed by atoms with Gasteiger partial charge in [-0.2, -0.15) is 13.2 Å². The van der Waals surface area contributed by atoms with Gasteiger partial charge in [0.25, 0.3) is 0 Å². The van der Waals surface area contributed by atoms with E-state index >= 15 is 0 Å². The average Bonchev–Trinajstić information content (AvgIpc) is 2.38. The Hall–Kier alpha value is -1.75. The van der Waals surface area contributed by atoms with E-state index in [9.17, 15) is 17.6 Å². The molecule has 112 valence electrons. The van der Waals surface area contributed by atoms with Crippen LogP contribution in [0.15, 0.2) is 36.4 Å². The highest BCUT2D eigenvalue weighted by atomic mass is 35.5. The number of halogens is 5. The first-order valence-electron chi connectivity index (χ1n) is 6.13. The Balaban J connectivity index is 2.17. The Morgan fingerprint density at radius 3 is 2.43 bits per heavy atom. The number of alkyl halides is 3. The van der Waals surface area contributed by atoms with Gasteiger partial charge in [-0.25, -0.2) is 4.39 Å². The van der Waals surface area contributed by atoms with Crippen molar-refractivity contribution in [3.8, 4) is 0 Å². The highest BCUT2D eigenvalue weighted by Gasteiger charge is 2.32. The van der Waals surface area contributed by atoms with E-state index in [-0.39, 0.29) is 17.1 Å². The smallest absolute Gasteiger partial charge is 0.381 e. The van der Waals surface area contributed by atoms with Gasteiger partial charge in [0.1, 0.15) is 5.82 Å². The van der Waals surface area contributed by atoms with Crippen LogP contribution >= 0.6 is 11.6 Å². The number of benzene rings is 2. The Labute approximate surface area is 124 Å². The summed E-state index contributed by atoms with van der Waals surface area (Å²) >= 11 is 5.86. The molecule has 0 fully saturated rings. The lowest BCUT2D eigenvalue weighted by molar-refractivity contribution is -0.138. The van der Waals surface area contributed by atoms with Crippen molar-refractivity contribution in [2.24, 2.45) is 0 Å². The molecular formula is C15H12ClF4N. The lowest BCUT2D eigenvalue weighted by Crippen LogP contribution is -2.09. The minimum absolute atomic E-state index is 0.160. The van der Waals surface area contributed by atoms with Gasteiger partial charge in [-0.3, -0.25) is 0 Å². The van der Waals surface area contributed by atoms with Crippen molar-refractivity contribution >= 4 is 17.3 Å². The van der Waals surface area contributed by atoms with Crippen molar-refractivity contribution in [1.29, 1.82) is 0 Å². The van der Waals surface area contributed by atoms with Gasteiger partial charge < -0.3 is 5.32 Å². The molecule has 0 aromatic heterocycles. The fourth-order valence-electron chi connectivity index (χ4n) is 1.90. The minimum atomic E-state index is -4.39. The monoisotopic (exact) mass is 317 g/mol. The van der Waals surface area contributed by atoms with Crippen molar-refractivity contribution in [2.75, 3.05) is 5.32 Å². The second-order valence-corrected chi connectivity index (χ2v) is 5.02. The highest BCUT2D eigenvalue weighted by Crippen LogP contribution is 2.33. The molecule has 0 aliphatic carbocycles. The minimum Gasteiger partial charge on any atom is -0.381 e. The van der Waals surface area contributed by atoms with Crippen molar-refractivity contribution < 1.29 is 17.6 Å². The number of aryl methyl sites for hydroxylation is 1. The third-order valence-corrected chi connectivity index (χ3v) is 3.39. The van der Waals surface area contributed by atoms with Gasteiger partial charge in [-0.15, -0.1) is 0 Å². The van der Waals surface area contributed by atoms with Crippen LogP contribution in [0.3, 0.4) is 0 Å². The summed E-state index contributed by atoms with van der Waals surface area (Å²) < 4.78 is 51.3. The molecule has 0 heterocycles. The summed E-state index contributed by atoms with van der Waals surface area (Å²) in [5, 5.41) is 3.08. The van der Waals surface area contributed by atoms with Crippen LogP contribution in [0, 0.1) is 12.7 Å². The van der Waals surface area contributed by atoms with E-state index < -0.39 is 17.6 Å². The van der Waals surface area contributed by atoms with E-state index in [2.05, 4.69) is 5.32 Å². The molecule has 1 N–H and O–H groups in total. The second kappa shape index (κ2) is 5.93. The SMILES string of the molecule is Cc1ccc(NCc2ccc(F)cc2Cl)cc1C(F)(F)F. The first kappa shape index (κ1) is 15.6. The van der Waals surface area contributed by atoms with Gasteiger partial charge in [0.2, 0.25) is 0 Å². The molecule has 2 aromatic rings. The van der Waals surface area contributed by atoms with Crippen LogP contribution in [-0.4, -0.2) is 0 Å². The fraction of sp³-hybridized carbons (Fsp3) is 0.200. The molecule has 2 aromatic carbocycles. The van der Waals surface area contributed by atoms with Gasteiger partial charge in [0.15, 0.2) is 0 Å². The first-order chi connectivity index (χ1) is 9.77. The molecule has 0 saturated heterocycles.